The lowest BCUT2D eigenvalue weighted by Crippen LogP contribution is -2.27. The molecule has 5 aromatic rings. The van der Waals surface area contributed by atoms with Gasteiger partial charge in [-0.25, -0.2) is 4.68 Å². The van der Waals surface area contributed by atoms with Gasteiger partial charge in [0.05, 0.1) is 26.3 Å². The summed E-state index contributed by atoms with van der Waals surface area (Å²) in [6, 6.07) is 26.2. The van der Waals surface area contributed by atoms with E-state index in [0.717, 1.165) is 53.5 Å². The third-order valence-corrected chi connectivity index (χ3v) is 9.58. The van der Waals surface area contributed by atoms with Crippen molar-refractivity contribution >= 4 is 0 Å². The van der Waals surface area contributed by atoms with Crippen LogP contribution < -0.4 is 15.2 Å². The van der Waals surface area contributed by atoms with Crippen molar-refractivity contribution in [3.63, 3.8) is 0 Å². The van der Waals surface area contributed by atoms with Gasteiger partial charge in [0, 0.05) is 31.2 Å². The summed E-state index contributed by atoms with van der Waals surface area (Å²) in [5.74, 6) is 1.76. The van der Waals surface area contributed by atoms with E-state index in [4.69, 9.17) is 15.2 Å². The molecule has 0 radical (unpaired) electrons. The smallest absolute Gasteiger partial charge is 0.416 e. The first-order valence-electron chi connectivity index (χ1n) is 16.9. The lowest BCUT2D eigenvalue weighted by atomic mass is 9.78. The van der Waals surface area contributed by atoms with Crippen LogP contribution in [0.2, 0.25) is 0 Å². The van der Waals surface area contributed by atoms with Crippen molar-refractivity contribution in [1.82, 2.24) is 25.1 Å². The summed E-state index contributed by atoms with van der Waals surface area (Å²) >= 11 is 0. The number of alkyl halides is 3. The second-order valence-corrected chi connectivity index (χ2v) is 13.2. The van der Waals surface area contributed by atoms with E-state index in [2.05, 4.69) is 15.5 Å². The lowest BCUT2D eigenvalue weighted by molar-refractivity contribution is -0.138. The standard InChI is InChI=1S/C39H43F3N6O2/c1-26-4-6-29(7-5-26)24-48-38(44-45-46-48)37-34(30-12-14-31(43)15-13-30)20-21-36(39(40,41)42)35(37)25-47(22-27-8-16-32(49-2)17-9-27)23-28-10-18-33(50-3)19-11-28/h4-11,16-21,30-31H,12-15,22-25,43H2,1-3H3. The molecule has 8 nitrogen and oxygen atoms in total. The van der Waals surface area contributed by atoms with Gasteiger partial charge in [0.15, 0.2) is 5.82 Å². The highest BCUT2D eigenvalue weighted by Gasteiger charge is 2.38. The fraction of sp³-hybridized carbons (Fsp3) is 0.359. The second-order valence-electron chi connectivity index (χ2n) is 13.2. The molecule has 50 heavy (non-hydrogen) atoms. The Morgan fingerprint density at radius 1 is 0.760 bits per heavy atom. The number of rotatable bonds is 12. The molecule has 0 saturated heterocycles. The van der Waals surface area contributed by atoms with Crippen molar-refractivity contribution in [1.29, 1.82) is 0 Å². The van der Waals surface area contributed by atoms with Gasteiger partial charge in [0.25, 0.3) is 0 Å². The third-order valence-electron chi connectivity index (χ3n) is 9.58. The molecule has 1 aliphatic rings. The normalized spacial score (nSPS) is 16.5. The van der Waals surface area contributed by atoms with Crippen LogP contribution in [0.3, 0.4) is 0 Å². The number of halogens is 3. The maximum absolute atomic E-state index is 15.1. The minimum absolute atomic E-state index is 0.000297. The molecule has 0 atom stereocenters. The monoisotopic (exact) mass is 684 g/mol. The van der Waals surface area contributed by atoms with Gasteiger partial charge in [-0.1, -0.05) is 60.2 Å². The van der Waals surface area contributed by atoms with E-state index < -0.39 is 11.7 Å². The molecule has 1 saturated carbocycles. The van der Waals surface area contributed by atoms with E-state index in [9.17, 15) is 0 Å². The predicted molar refractivity (Wildman–Crippen MR) is 187 cm³/mol. The van der Waals surface area contributed by atoms with Crippen molar-refractivity contribution in [3.8, 4) is 22.9 Å². The summed E-state index contributed by atoms with van der Waals surface area (Å²) in [5.41, 5.74) is 11.0. The van der Waals surface area contributed by atoms with Crippen molar-refractivity contribution in [3.05, 3.63) is 124 Å². The second kappa shape index (κ2) is 15.4. The number of nitrogens with zero attached hydrogens (tertiary/aromatic N) is 5. The highest BCUT2D eigenvalue weighted by Crippen LogP contribution is 2.44. The van der Waals surface area contributed by atoms with E-state index in [1.807, 2.05) is 84.6 Å². The van der Waals surface area contributed by atoms with Crippen LogP contribution in [0.15, 0.2) is 84.9 Å². The molecule has 0 unspecified atom stereocenters. The molecule has 4 aromatic carbocycles. The van der Waals surface area contributed by atoms with Gasteiger partial charge in [0.1, 0.15) is 11.5 Å². The zero-order valence-electron chi connectivity index (χ0n) is 28.7. The molecular weight excluding hydrogens is 641 g/mol. The molecule has 1 aromatic heterocycles. The highest BCUT2D eigenvalue weighted by molar-refractivity contribution is 5.68. The quantitative estimate of drug-likeness (QED) is 0.143. The van der Waals surface area contributed by atoms with Crippen molar-refractivity contribution < 1.29 is 22.6 Å². The largest absolute Gasteiger partial charge is 0.497 e. The molecule has 1 heterocycles. The van der Waals surface area contributed by atoms with Crippen LogP contribution in [-0.4, -0.2) is 45.4 Å². The number of aryl methyl sites for hydroxylation is 1. The fourth-order valence-corrected chi connectivity index (χ4v) is 6.86. The van der Waals surface area contributed by atoms with Gasteiger partial charge in [-0.3, -0.25) is 4.90 Å². The van der Waals surface area contributed by atoms with Crippen molar-refractivity contribution in [2.75, 3.05) is 14.2 Å². The van der Waals surface area contributed by atoms with E-state index in [0.29, 0.717) is 42.5 Å². The van der Waals surface area contributed by atoms with Gasteiger partial charge >= 0.3 is 6.18 Å². The molecule has 0 spiro atoms. The van der Waals surface area contributed by atoms with Gasteiger partial charge < -0.3 is 15.2 Å². The fourth-order valence-electron chi connectivity index (χ4n) is 6.86. The first kappa shape index (κ1) is 35.1. The van der Waals surface area contributed by atoms with Crippen LogP contribution in [0.4, 0.5) is 13.2 Å². The molecule has 262 valence electrons. The van der Waals surface area contributed by atoms with Crippen molar-refractivity contribution in [2.24, 2.45) is 5.73 Å². The Morgan fingerprint density at radius 2 is 1.32 bits per heavy atom. The average molecular weight is 685 g/mol. The summed E-state index contributed by atoms with van der Waals surface area (Å²) in [4.78, 5) is 2.03. The van der Waals surface area contributed by atoms with Crippen LogP contribution in [0.1, 0.15) is 70.5 Å². The number of aromatic nitrogens is 4. The summed E-state index contributed by atoms with van der Waals surface area (Å²) in [6.07, 6.45) is -1.45. The van der Waals surface area contributed by atoms with E-state index in [1.165, 1.54) is 6.07 Å². The third kappa shape index (κ3) is 8.34. The Hall–Kier alpha value is -4.74. The number of benzene rings is 4. The molecule has 0 bridgehead atoms. The van der Waals surface area contributed by atoms with Crippen molar-refractivity contribution in [2.45, 2.75) is 76.9 Å². The van der Waals surface area contributed by atoms with Gasteiger partial charge in [-0.15, -0.1) is 5.10 Å². The molecular formula is C39H43F3N6O2. The maximum Gasteiger partial charge on any atom is 0.416 e. The summed E-state index contributed by atoms with van der Waals surface area (Å²) in [7, 11) is 3.20. The molecule has 1 aliphatic carbocycles. The molecule has 6 rings (SSSR count). The SMILES string of the molecule is COc1ccc(CN(Cc2ccc(OC)cc2)Cc2c(C(F)(F)F)ccc(C3CCC(N)CC3)c2-c2nnnn2Cc2ccc(C)cc2)cc1. The van der Waals surface area contributed by atoms with Gasteiger partial charge in [-0.05, 0) is 107 Å². The minimum Gasteiger partial charge on any atom is -0.497 e. The molecule has 2 N–H and O–H groups in total. The summed E-state index contributed by atoms with van der Waals surface area (Å²) < 4.78 is 57.7. The van der Waals surface area contributed by atoms with Gasteiger partial charge in [0.2, 0.25) is 0 Å². The zero-order valence-corrected chi connectivity index (χ0v) is 28.7. The van der Waals surface area contributed by atoms with Crippen LogP contribution in [0.25, 0.3) is 11.4 Å². The molecule has 0 aliphatic heterocycles. The number of tetrazole rings is 1. The van der Waals surface area contributed by atoms with Crippen LogP contribution in [-0.2, 0) is 32.4 Å². The molecule has 11 heteroatoms. The number of nitrogens with two attached hydrogens (primary N) is 1. The zero-order chi connectivity index (χ0) is 35.3. The number of hydrogen-bond donors (Lipinski definition) is 1. The van der Waals surface area contributed by atoms with E-state index in [1.54, 1.807) is 25.0 Å². The van der Waals surface area contributed by atoms with Crippen LogP contribution in [0, 0.1) is 6.92 Å². The van der Waals surface area contributed by atoms with Gasteiger partial charge in [-0.2, -0.15) is 13.2 Å². The first-order valence-corrected chi connectivity index (χ1v) is 16.9. The first-order chi connectivity index (χ1) is 24.1. The minimum atomic E-state index is -4.61. The molecule has 0 amide bonds. The predicted octanol–water partition coefficient (Wildman–Crippen LogP) is 7.92. The Morgan fingerprint density at radius 3 is 1.86 bits per heavy atom. The number of ether oxygens (including phenoxy) is 2. The highest BCUT2D eigenvalue weighted by atomic mass is 19.4. The number of hydrogen-bond acceptors (Lipinski definition) is 7. The Balaban J connectivity index is 1.49. The topological polar surface area (TPSA) is 91.3 Å². The van der Waals surface area contributed by atoms with Crippen LogP contribution >= 0.6 is 0 Å². The van der Waals surface area contributed by atoms with Crippen LogP contribution in [0.5, 0.6) is 11.5 Å². The molecule has 1 fully saturated rings. The Kier molecular flexibility index (Phi) is 10.8. The van der Waals surface area contributed by atoms with E-state index in [-0.39, 0.29) is 24.1 Å². The Bertz CT molecular complexity index is 1800. The van der Waals surface area contributed by atoms with E-state index >= 15 is 13.2 Å². The summed E-state index contributed by atoms with van der Waals surface area (Å²) in [6.45, 7) is 3.11. The average Bonchev–Trinajstić information content (AvgIpc) is 3.57. The Labute approximate surface area is 291 Å². The number of methoxy groups -OCH3 is 2. The maximum atomic E-state index is 15.1. The lowest BCUT2D eigenvalue weighted by Gasteiger charge is -2.31. The summed E-state index contributed by atoms with van der Waals surface area (Å²) in [5, 5.41) is 12.8.